The molecule has 6 nitrogen and oxygen atoms in total. The Bertz CT molecular complexity index is 202. The summed E-state index contributed by atoms with van der Waals surface area (Å²) in [5.74, 6) is -0.522. The minimum Gasteiger partial charge on any atom is -0.344 e. The van der Waals surface area contributed by atoms with E-state index in [1.807, 2.05) is 0 Å². The van der Waals surface area contributed by atoms with Crippen LogP contribution in [0.1, 0.15) is 6.92 Å². The van der Waals surface area contributed by atoms with E-state index in [1.54, 1.807) is 0 Å². The van der Waals surface area contributed by atoms with E-state index in [4.69, 9.17) is 10.1 Å². The number of amides is 1. The smallest absolute Gasteiger partial charge is 0.244 e. The Hall–Kier alpha value is -0.420. The van der Waals surface area contributed by atoms with Gasteiger partial charge in [0, 0.05) is 13.6 Å². The summed E-state index contributed by atoms with van der Waals surface area (Å²) in [6.07, 6.45) is -0.128. The third-order valence-electron chi connectivity index (χ3n) is 1.03. The average Bonchev–Trinajstić information content (AvgIpc) is 1.84. The van der Waals surface area contributed by atoms with Crippen LogP contribution in [0.3, 0.4) is 0 Å². The van der Waals surface area contributed by atoms with Crippen molar-refractivity contribution in [1.29, 1.82) is 0 Å². The van der Waals surface area contributed by atoms with Gasteiger partial charge in [0.15, 0.2) is 0 Å². The van der Waals surface area contributed by atoms with Crippen LogP contribution in [0.15, 0.2) is 0 Å². The summed E-state index contributed by atoms with van der Waals surface area (Å²) >= 11 is 0. The Morgan fingerprint density at radius 3 is 2.50 bits per heavy atom. The van der Waals surface area contributed by atoms with E-state index in [9.17, 15) is 9.36 Å². The SMILES string of the molecule is CC(=O)N(O)CNCP(C)(=O)O. The van der Waals surface area contributed by atoms with Crippen LogP contribution in [0.2, 0.25) is 0 Å². The molecule has 1 amide bonds. The Morgan fingerprint density at radius 1 is 1.67 bits per heavy atom. The largest absolute Gasteiger partial charge is 0.344 e. The minimum atomic E-state index is -3.11. The maximum atomic E-state index is 10.7. The zero-order chi connectivity index (χ0) is 9.78. The highest BCUT2D eigenvalue weighted by Gasteiger charge is 2.10. The van der Waals surface area contributed by atoms with Gasteiger partial charge in [-0.25, -0.2) is 5.06 Å². The van der Waals surface area contributed by atoms with Crippen LogP contribution in [-0.2, 0) is 9.36 Å². The topological polar surface area (TPSA) is 89.9 Å². The lowest BCUT2D eigenvalue weighted by molar-refractivity contribution is -0.163. The van der Waals surface area contributed by atoms with E-state index in [-0.39, 0.29) is 13.0 Å². The maximum Gasteiger partial charge on any atom is 0.244 e. The molecule has 0 fully saturated rings. The lowest BCUT2D eigenvalue weighted by atomic mass is 10.7. The first-order chi connectivity index (χ1) is 5.33. The van der Waals surface area contributed by atoms with Crippen molar-refractivity contribution in [2.24, 2.45) is 0 Å². The fourth-order valence-corrected chi connectivity index (χ4v) is 0.990. The van der Waals surface area contributed by atoms with Crippen LogP contribution in [0.4, 0.5) is 0 Å². The molecular formula is C5H13N2O4P. The molecule has 0 rings (SSSR count). The Labute approximate surface area is 70.6 Å². The van der Waals surface area contributed by atoms with Gasteiger partial charge in [0.2, 0.25) is 13.3 Å². The molecule has 7 heteroatoms. The summed E-state index contributed by atoms with van der Waals surface area (Å²) in [4.78, 5) is 19.2. The predicted molar refractivity (Wildman–Crippen MR) is 42.9 cm³/mol. The molecule has 0 radical (unpaired) electrons. The molecule has 0 heterocycles. The maximum absolute atomic E-state index is 10.7. The van der Waals surface area contributed by atoms with Crippen LogP contribution in [-0.4, -0.2) is 40.7 Å². The molecule has 0 aliphatic carbocycles. The summed E-state index contributed by atoms with van der Waals surface area (Å²) in [5, 5.41) is 11.6. The van der Waals surface area contributed by atoms with Gasteiger partial charge in [0.1, 0.15) is 0 Å². The second kappa shape index (κ2) is 4.57. The van der Waals surface area contributed by atoms with Crippen molar-refractivity contribution >= 4 is 13.3 Å². The van der Waals surface area contributed by atoms with Gasteiger partial charge in [-0.2, -0.15) is 0 Å². The van der Waals surface area contributed by atoms with E-state index >= 15 is 0 Å². The number of rotatable bonds is 4. The Kier molecular flexibility index (Phi) is 4.41. The summed E-state index contributed by atoms with van der Waals surface area (Å²) in [6.45, 7) is 2.23. The molecule has 0 aromatic heterocycles. The minimum absolute atomic E-state index is 0.128. The molecule has 0 spiro atoms. The summed E-state index contributed by atoms with van der Waals surface area (Å²) < 4.78 is 10.7. The molecule has 0 saturated carbocycles. The van der Waals surface area contributed by atoms with Crippen molar-refractivity contribution in [3.63, 3.8) is 0 Å². The van der Waals surface area contributed by atoms with Crippen LogP contribution in [0.5, 0.6) is 0 Å². The molecule has 0 bridgehead atoms. The molecule has 0 saturated heterocycles. The van der Waals surface area contributed by atoms with Crippen LogP contribution < -0.4 is 5.32 Å². The number of hydrogen-bond acceptors (Lipinski definition) is 4. The molecule has 72 valence electrons. The standard InChI is InChI=1S/C5H13N2O4P/c1-5(8)7(9)3-6-4-12(2,10)11/h6,9H,3-4H2,1-2H3,(H,10,11). The van der Waals surface area contributed by atoms with Crippen molar-refractivity contribution in [1.82, 2.24) is 10.4 Å². The van der Waals surface area contributed by atoms with Crippen molar-refractivity contribution in [2.45, 2.75) is 6.92 Å². The molecule has 1 unspecified atom stereocenters. The molecular weight excluding hydrogens is 183 g/mol. The van der Waals surface area contributed by atoms with E-state index in [2.05, 4.69) is 5.32 Å². The lowest BCUT2D eigenvalue weighted by Gasteiger charge is -2.13. The fraction of sp³-hybridized carbons (Fsp3) is 0.800. The van der Waals surface area contributed by atoms with Crippen molar-refractivity contribution in [3.05, 3.63) is 0 Å². The Balaban J connectivity index is 3.58. The number of hydrogen-bond donors (Lipinski definition) is 3. The van der Waals surface area contributed by atoms with Crippen LogP contribution in [0, 0.1) is 0 Å². The number of nitrogens with one attached hydrogen (secondary N) is 1. The van der Waals surface area contributed by atoms with Gasteiger partial charge in [0.25, 0.3) is 0 Å². The zero-order valence-electron chi connectivity index (χ0n) is 7.02. The second-order valence-electron chi connectivity index (χ2n) is 2.54. The predicted octanol–water partition coefficient (Wildman–Crippen LogP) is -0.371. The van der Waals surface area contributed by atoms with Crippen LogP contribution >= 0.6 is 7.37 Å². The van der Waals surface area contributed by atoms with Gasteiger partial charge in [0.05, 0.1) is 13.0 Å². The lowest BCUT2D eigenvalue weighted by Crippen LogP contribution is -2.35. The first kappa shape index (κ1) is 11.6. The fourth-order valence-electron chi connectivity index (χ4n) is 0.475. The van der Waals surface area contributed by atoms with Gasteiger partial charge < -0.3 is 4.89 Å². The highest BCUT2D eigenvalue weighted by molar-refractivity contribution is 7.57. The van der Waals surface area contributed by atoms with E-state index in [0.29, 0.717) is 5.06 Å². The number of carbonyl (C=O) groups is 1. The third-order valence-corrected chi connectivity index (χ3v) is 1.84. The summed E-state index contributed by atoms with van der Waals surface area (Å²) in [7, 11) is -3.11. The first-order valence-corrected chi connectivity index (χ1v) is 5.59. The first-order valence-electron chi connectivity index (χ1n) is 3.30. The van der Waals surface area contributed by atoms with E-state index < -0.39 is 13.3 Å². The summed E-state index contributed by atoms with van der Waals surface area (Å²) in [6, 6.07) is 0. The number of nitrogens with zero attached hydrogens (tertiary/aromatic N) is 1. The molecule has 12 heavy (non-hydrogen) atoms. The van der Waals surface area contributed by atoms with E-state index in [0.717, 1.165) is 0 Å². The number of carbonyl (C=O) groups excluding carboxylic acids is 1. The molecule has 0 aliphatic heterocycles. The monoisotopic (exact) mass is 196 g/mol. The van der Waals surface area contributed by atoms with Gasteiger partial charge in [-0.05, 0) is 0 Å². The molecule has 0 aliphatic rings. The van der Waals surface area contributed by atoms with Crippen molar-refractivity contribution < 1.29 is 19.5 Å². The van der Waals surface area contributed by atoms with Crippen molar-refractivity contribution in [3.8, 4) is 0 Å². The quantitative estimate of drug-likeness (QED) is 0.247. The molecule has 0 aromatic carbocycles. The molecule has 1 atom stereocenters. The second-order valence-corrected chi connectivity index (χ2v) is 4.95. The van der Waals surface area contributed by atoms with Crippen LogP contribution in [0.25, 0.3) is 0 Å². The van der Waals surface area contributed by atoms with Gasteiger partial charge >= 0.3 is 0 Å². The average molecular weight is 196 g/mol. The van der Waals surface area contributed by atoms with Crippen molar-refractivity contribution in [2.75, 3.05) is 19.6 Å². The Morgan fingerprint density at radius 2 is 2.17 bits per heavy atom. The third kappa shape index (κ3) is 6.30. The highest BCUT2D eigenvalue weighted by Crippen LogP contribution is 2.32. The molecule has 3 N–H and O–H groups in total. The van der Waals surface area contributed by atoms with Gasteiger partial charge in [-0.1, -0.05) is 0 Å². The highest BCUT2D eigenvalue weighted by atomic mass is 31.2. The summed E-state index contributed by atoms with van der Waals surface area (Å²) in [5.41, 5.74) is 0. The normalized spacial score (nSPS) is 15.3. The van der Waals surface area contributed by atoms with Gasteiger partial charge in [-0.3, -0.25) is 19.9 Å². The molecule has 0 aromatic rings. The van der Waals surface area contributed by atoms with Gasteiger partial charge in [-0.15, -0.1) is 0 Å². The zero-order valence-corrected chi connectivity index (χ0v) is 7.91. The number of hydroxylamine groups is 2. The van der Waals surface area contributed by atoms with E-state index in [1.165, 1.54) is 13.6 Å².